The lowest BCUT2D eigenvalue weighted by atomic mass is 10.2. The van der Waals surface area contributed by atoms with Crippen LogP contribution in [0.15, 0.2) is 24.7 Å². The number of piperazine rings is 1. The SMILES string of the molecule is CCCC(=O)N1CCN(c2cc(-n3ccc(C)n3)ncn2)CC1. The molecule has 2 aromatic rings. The Bertz CT molecular complexity index is 675. The second-order valence-corrected chi connectivity index (χ2v) is 5.75. The third-order valence-corrected chi connectivity index (χ3v) is 4.02. The van der Waals surface area contributed by atoms with Crippen LogP contribution in [0.2, 0.25) is 0 Å². The second kappa shape index (κ2) is 6.76. The molecule has 0 aliphatic carbocycles. The molecular weight excluding hydrogens is 292 g/mol. The van der Waals surface area contributed by atoms with Crippen molar-refractivity contribution in [1.29, 1.82) is 0 Å². The molecule has 0 spiro atoms. The van der Waals surface area contributed by atoms with E-state index >= 15 is 0 Å². The van der Waals surface area contributed by atoms with Crippen LogP contribution in [0.3, 0.4) is 0 Å². The summed E-state index contributed by atoms with van der Waals surface area (Å²) in [5.41, 5.74) is 0.952. The standard InChI is InChI=1S/C16H22N6O/c1-3-4-16(23)21-9-7-20(8-10-21)14-11-15(18-12-17-14)22-6-5-13(2)19-22/h5-6,11-12H,3-4,7-10H2,1-2H3. The van der Waals surface area contributed by atoms with E-state index in [1.807, 2.05) is 37.1 Å². The molecule has 0 N–H and O–H groups in total. The summed E-state index contributed by atoms with van der Waals surface area (Å²) in [4.78, 5) is 24.7. The quantitative estimate of drug-likeness (QED) is 0.854. The minimum Gasteiger partial charge on any atom is -0.353 e. The maximum absolute atomic E-state index is 12.0. The predicted molar refractivity (Wildman–Crippen MR) is 87.6 cm³/mol. The number of nitrogens with zero attached hydrogens (tertiary/aromatic N) is 6. The second-order valence-electron chi connectivity index (χ2n) is 5.75. The Balaban J connectivity index is 1.68. The summed E-state index contributed by atoms with van der Waals surface area (Å²) in [5.74, 6) is 1.89. The van der Waals surface area contributed by atoms with Gasteiger partial charge in [0, 0.05) is 44.9 Å². The molecule has 1 amide bonds. The molecule has 1 aliphatic rings. The van der Waals surface area contributed by atoms with Gasteiger partial charge >= 0.3 is 0 Å². The number of hydrogen-bond acceptors (Lipinski definition) is 5. The minimum atomic E-state index is 0.252. The van der Waals surface area contributed by atoms with Gasteiger partial charge in [0.1, 0.15) is 12.1 Å². The first-order chi connectivity index (χ1) is 11.2. The summed E-state index contributed by atoms with van der Waals surface area (Å²) in [7, 11) is 0. The first kappa shape index (κ1) is 15.5. The van der Waals surface area contributed by atoms with Crippen LogP contribution in [-0.4, -0.2) is 56.7 Å². The number of hydrogen-bond donors (Lipinski definition) is 0. The predicted octanol–water partition coefficient (Wildman–Crippen LogP) is 1.42. The molecule has 7 nitrogen and oxygen atoms in total. The molecule has 1 aliphatic heterocycles. The summed E-state index contributed by atoms with van der Waals surface area (Å²) in [6.45, 7) is 7.07. The van der Waals surface area contributed by atoms with Crippen molar-refractivity contribution in [2.45, 2.75) is 26.7 Å². The number of amides is 1. The van der Waals surface area contributed by atoms with E-state index in [0.717, 1.165) is 49.9 Å². The molecule has 2 aromatic heterocycles. The third-order valence-electron chi connectivity index (χ3n) is 4.02. The molecule has 0 atom stereocenters. The molecule has 0 unspecified atom stereocenters. The van der Waals surface area contributed by atoms with E-state index in [1.165, 1.54) is 0 Å². The average molecular weight is 314 g/mol. The van der Waals surface area contributed by atoms with Crippen molar-refractivity contribution in [1.82, 2.24) is 24.6 Å². The maximum atomic E-state index is 12.0. The highest BCUT2D eigenvalue weighted by Gasteiger charge is 2.21. The van der Waals surface area contributed by atoms with Crippen LogP contribution < -0.4 is 4.90 Å². The van der Waals surface area contributed by atoms with Crippen LogP contribution >= 0.6 is 0 Å². The maximum Gasteiger partial charge on any atom is 0.222 e. The number of carbonyl (C=O) groups excluding carboxylic acids is 1. The lowest BCUT2D eigenvalue weighted by molar-refractivity contribution is -0.131. The molecule has 0 radical (unpaired) electrons. The smallest absolute Gasteiger partial charge is 0.222 e. The fourth-order valence-corrected chi connectivity index (χ4v) is 2.74. The zero-order valence-corrected chi connectivity index (χ0v) is 13.6. The largest absolute Gasteiger partial charge is 0.353 e. The zero-order valence-electron chi connectivity index (χ0n) is 13.6. The van der Waals surface area contributed by atoms with E-state index in [9.17, 15) is 4.79 Å². The first-order valence-electron chi connectivity index (χ1n) is 8.05. The van der Waals surface area contributed by atoms with Gasteiger partial charge in [0.05, 0.1) is 5.69 Å². The van der Waals surface area contributed by atoms with Crippen molar-refractivity contribution in [3.63, 3.8) is 0 Å². The Morgan fingerprint density at radius 1 is 1.17 bits per heavy atom. The van der Waals surface area contributed by atoms with Gasteiger partial charge in [-0.2, -0.15) is 5.10 Å². The number of aryl methyl sites for hydroxylation is 1. The molecule has 7 heteroatoms. The van der Waals surface area contributed by atoms with Crippen molar-refractivity contribution in [3.8, 4) is 5.82 Å². The Hall–Kier alpha value is -2.44. The van der Waals surface area contributed by atoms with Gasteiger partial charge in [-0.05, 0) is 19.4 Å². The summed E-state index contributed by atoms with van der Waals surface area (Å²) in [6, 6.07) is 3.88. The van der Waals surface area contributed by atoms with Crippen LogP contribution in [0.4, 0.5) is 5.82 Å². The number of rotatable bonds is 4. The molecule has 1 saturated heterocycles. The summed E-state index contributed by atoms with van der Waals surface area (Å²) in [5, 5.41) is 4.38. The molecule has 3 heterocycles. The van der Waals surface area contributed by atoms with Gasteiger partial charge < -0.3 is 9.80 Å². The van der Waals surface area contributed by atoms with E-state index in [0.29, 0.717) is 6.42 Å². The Labute approximate surface area is 135 Å². The van der Waals surface area contributed by atoms with E-state index < -0.39 is 0 Å². The monoisotopic (exact) mass is 314 g/mol. The fraction of sp³-hybridized carbons (Fsp3) is 0.500. The number of aromatic nitrogens is 4. The van der Waals surface area contributed by atoms with E-state index in [2.05, 4.69) is 20.0 Å². The molecule has 1 fully saturated rings. The first-order valence-corrected chi connectivity index (χ1v) is 8.05. The Kier molecular flexibility index (Phi) is 4.55. The van der Waals surface area contributed by atoms with E-state index in [-0.39, 0.29) is 5.91 Å². The molecule has 23 heavy (non-hydrogen) atoms. The normalized spacial score (nSPS) is 15.0. The highest BCUT2D eigenvalue weighted by molar-refractivity contribution is 5.76. The van der Waals surface area contributed by atoms with Gasteiger partial charge in [0.15, 0.2) is 5.82 Å². The fourth-order valence-electron chi connectivity index (χ4n) is 2.74. The van der Waals surface area contributed by atoms with Crippen LogP contribution in [0.1, 0.15) is 25.5 Å². The molecular formula is C16H22N6O. The lowest BCUT2D eigenvalue weighted by Gasteiger charge is -2.35. The third kappa shape index (κ3) is 3.49. The van der Waals surface area contributed by atoms with Crippen molar-refractivity contribution >= 4 is 11.7 Å². The molecule has 0 aromatic carbocycles. The summed E-state index contributed by atoms with van der Waals surface area (Å²) >= 11 is 0. The summed E-state index contributed by atoms with van der Waals surface area (Å²) in [6.07, 6.45) is 4.99. The van der Waals surface area contributed by atoms with Crippen LogP contribution in [0.25, 0.3) is 5.82 Å². The van der Waals surface area contributed by atoms with Gasteiger partial charge in [0.2, 0.25) is 5.91 Å². The van der Waals surface area contributed by atoms with Crippen molar-refractivity contribution in [2.75, 3.05) is 31.1 Å². The van der Waals surface area contributed by atoms with Crippen molar-refractivity contribution in [3.05, 3.63) is 30.4 Å². The van der Waals surface area contributed by atoms with Gasteiger partial charge in [-0.3, -0.25) is 4.79 Å². The molecule has 3 rings (SSSR count). The molecule has 0 bridgehead atoms. The average Bonchev–Trinajstić information content (AvgIpc) is 3.02. The highest BCUT2D eigenvalue weighted by atomic mass is 16.2. The van der Waals surface area contributed by atoms with Crippen molar-refractivity contribution in [2.24, 2.45) is 0 Å². The molecule has 0 saturated carbocycles. The van der Waals surface area contributed by atoms with Crippen LogP contribution in [0, 0.1) is 6.92 Å². The van der Waals surface area contributed by atoms with Crippen LogP contribution in [-0.2, 0) is 4.79 Å². The van der Waals surface area contributed by atoms with E-state index in [1.54, 1.807) is 11.0 Å². The molecule has 122 valence electrons. The number of carbonyl (C=O) groups is 1. The zero-order chi connectivity index (χ0) is 16.2. The lowest BCUT2D eigenvalue weighted by Crippen LogP contribution is -2.49. The van der Waals surface area contributed by atoms with Gasteiger partial charge in [0.25, 0.3) is 0 Å². The summed E-state index contributed by atoms with van der Waals surface area (Å²) < 4.78 is 1.75. The Morgan fingerprint density at radius 3 is 2.57 bits per heavy atom. The van der Waals surface area contributed by atoms with Crippen molar-refractivity contribution < 1.29 is 4.79 Å². The van der Waals surface area contributed by atoms with Gasteiger partial charge in [-0.25, -0.2) is 14.6 Å². The number of anilines is 1. The van der Waals surface area contributed by atoms with Gasteiger partial charge in [-0.15, -0.1) is 0 Å². The van der Waals surface area contributed by atoms with Crippen LogP contribution in [0.5, 0.6) is 0 Å². The van der Waals surface area contributed by atoms with E-state index in [4.69, 9.17) is 0 Å². The topological polar surface area (TPSA) is 67.2 Å². The Morgan fingerprint density at radius 2 is 1.91 bits per heavy atom. The minimum absolute atomic E-state index is 0.252. The van der Waals surface area contributed by atoms with Gasteiger partial charge in [-0.1, -0.05) is 6.92 Å². The highest BCUT2D eigenvalue weighted by Crippen LogP contribution is 2.16.